The maximum Gasteiger partial charge on any atom is 0.313 e. The third-order valence-electron chi connectivity index (χ3n) is 4.02. The number of hydrogen-bond acceptors (Lipinski definition) is 3. The minimum atomic E-state index is -0.704. The van der Waals surface area contributed by atoms with E-state index in [1.807, 2.05) is 0 Å². The minimum absolute atomic E-state index is 0.360. The first-order valence-electron chi connectivity index (χ1n) is 7.07. The molecule has 1 saturated heterocycles. The molecule has 0 aromatic rings. The second kappa shape index (κ2) is 7.10. The molecule has 1 aliphatic rings. The number of carboxylic acids is 1. The predicted molar refractivity (Wildman–Crippen MR) is 71.7 cm³/mol. The Hall–Kier alpha value is -0.610. The zero-order valence-corrected chi connectivity index (χ0v) is 11.9. The summed E-state index contributed by atoms with van der Waals surface area (Å²) in [5.41, 5.74) is -0.693. The van der Waals surface area contributed by atoms with Crippen LogP contribution in [0.15, 0.2) is 0 Å². The van der Waals surface area contributed by atoms with Gasteiger partial charge in [0.15, 0.2) is 0 Å². The molecule has 2 unspecified atom stereocenters. The van der Waals surface area contributed by atoms with Crippen molar-refractivity contribution >= 4 is 5.97 Å². The summed E-state index contributed by atoms with van der Waals surface area (Å²) in [7, 11) is 0. The van der Waals surface area contributed by atoms with E-state index in [1.165, 1.54) is 0 Å². The van der Waals surface area contributed by atoms with Gasteiger partial charge in [0, 0.05) is 19.7 Å². The topological polar surface area (TPSA) is 49.8 Å². The van der Waals surface area contributed by atoms with E-state index in [0.29, 0.717) is 25.7 Å². The monoisotopic (exact) mass is 257 g/mol. The van der Waals surface area contributed by atoms with Crippen molar-refractivity contribution in [3.8, 4) is 0 Å². The van der Waals surface area contributed by atoms with Crippen LogP contribution in [0, 0.1) is 11.3 Å². The third kappa shape index (κ3) is 3.95. The van der Waals surface area contributed by atoms with Gasteiger partial charge in [0.1, 0.15) is 5.41 Å². The van der Waals surface area contributed by atoms with Crippen LogP contribution in [0.25, 0.3) is 0 Å². The van der Waals surface area contributed by atoms with Gasteiger partial charge in [0.25, 0.3) is 0 Å². The molecule has 1 heterocycles. The van der Waals surface area contributed by atoms with Crippen molar-refractivity contribution < 1.29 is 14.6 Å². The van der Waals surface area contributed by atoms with Gasteiger partial charge < -0.3 is 14.7 Å². The Morgan fingerprint density at radius 2 is 2.22 bits per heavy atom. The fourth-order valence-corrected chi connectivity index (χ4v) is 2.52. The highest BCUT2D eigenvalue weighted by molar-refractivity contribution is 5.75. The molecule has 0 spiro atoms. The van der Waals surface area contributed by atoms with Gasteiger partial charge in [0.05, 0.1) is 6.61 Å². The number of rotatable bonds is 7. The standard InChI is InChI=1S/C14H27NO3/c1-4-12(3)9-15(5-2)10-14(13(16)17)7-6-8-18-11-14/h12H,4-11H2,1-3H3,(H,16,17). The third-order valence-corrected chi connectivity index (χ3v) is 4.02. The molecular formula is C14H27NO3. The average Bonchev–Trinajstić information content (AvgIpc) is 2.38. The van der Waals surface area contributed by atoms with Crippen molar-refractivity contribution in [3.63, 3.8) is 0 Å². The molecule has 1 aliphatic heterocycles. The first-order chi connectivity index (χ1) is 8.54. The molecule has 1 rings (SSSR count). The van der Waals surface area contributed by atoms with Crippen LogP contribution in [0.4, 0.5) is 0 Å². The number of nitrogens with zero attached hydrogens (tertiary/aromatic N) is 1. The van der Waals surface area contributed by atoms with Gasteiger partial charge >= 0.3 is 5.97 Å². The number of carbonyl (C=O) groups is 1. The SMILES string of the molecule is CCC(C)CN(CC)CC1(C(=O)O)CCCOC1. The minimum Gasteiger partial charge on any atom is -0.481 e. The quantitative estimate of drug-likeness (QED) is 0.760. The molecule has 0 aromatic heterocycles. The predicted octanol–water partition coefficient (Wildman–Crippen LogP) is 2.24. The lowest BCUT2D eigenvalue weighted by atomic mass is 9.82. The first kappa shape index (κ1) is 15.4. The van der Waals surface area contributed by atoms with Crippen molar-refractivity contribution in [1.82, 2.24) is 4.90 Å². The van der Waals surface area contributed by atoms with Gasteiger partial charge in [0.2, 0.25) is 0 Å². The van der Waals surface area contributed by atoms with Gasteiger partial charge in [-0.05, 0) is 25.3 Å². The Kier molecular flexibility index (Phi) is 6.09. The highest BCUT2D eigenvalue weighted by atomic mass is 16.5. The first-order valence-corrected chi connectivity index (χ1v) is 7.07. The molecular weight excluding hydrogens is 230 g/mol. The normalized spacial score (nSPS) is 26.2. The lowest BCUT2D eigenvalue weighted by molar-refractivity contribution is -0.159. The molecule has 0 aromatic carbocycles. The highest BCUT2D eigenvalue weighted by Gasteiger charge is 2.41. The van der Waals surface area contributed by atoms with Gasteiger partial charge in [-0.25, -0.2) is 0 Å². The lowest BCUT2D eigenvalue weighted by Gasteiger charge is -2.38. The summed E-state index contributed by atoms with van der Waals surface area (Å²) in [6, 6.07) is 0. The van der Waals surface area contributed by atoms with Crippen LogP contribution < -0.4 is 0 Å². The smallest absolute Gasteiger partial charge is 0.313 e. The van der Waals surface area contributed by atoms with Gasteiger partial charge in [-0.2, -0.15) is 0 Å². The van der Waals surface area contributed by atoms with Gasteiger partial charge in [-0.15, -0.1) is 0 Å². The zero-order chi connectivity index (χ0) is 13.6. The van der Waals surface area contributed by atoms with Crippen molar-refractivity contribution in [2.24, 2.45) is 11.3 Å². The van der Waals surface area contributed by atoms with Crippen molar-refractivity contribution in [1.29, 1.82) is 0 Å². The fourth-order valence-electron chi connectivity index (χ4n) is 2.52. The van der Waals surface area contributed by atoms with E-state index in [1.54, 1.807) is 0 Å². The van der Waals surface area contributed by atoms with E-state index in [4.69, 9.17) is 4.74 Å². The second-order valence-electron chi connectivity index (χ2n) is 5.58. The van der Waals surface area contributed by atoms with Gasteiger partial charge in [-0.1, -0.05) is 27.2 Å². The van der Waals surface area contributed by atoms with Gasteiger partial charge in [-0.3, -0.25) is 4.79 Å². The Morgan fingerprint density at radius 3 is 2.67 bits per heavy atom. The maximum atomic E-state index is 11.6. The van der Waals surface area contributed by atoms with Crippen molar-refractivity contribution in [3.05, 3.63) is 0 Å². The molecule has 2 atom stereocenters. The number of hydrogen-bond donors (Lipinski definition) is 1. The van der Waals surface area contributed by atoms with Crippen molar-refractivity contribution in [2.45, 2.75) is 40.0 Å². The molecule has 18 heavy (non-hydrogen) atoms. The Bertz CT molecular complexity index is 262. The van der Waals surface area contributed by atoms with Crippen LogP contribution in [0.1, 0.15) is 40.0 Å². The van der Waals surface area contributed by atoms with Crippen LogP contribution in [-0.4, -0.2) is 48.8 Å². The average molecular weight is 257 g/mol. The summed E-state index contributed by atoms with van der Waals surface area (Å²) in [6.45, 7) is 10.0. The molecule has 0 amide bonds. The number of carboxylic acid groups (broad SMARTS) is 1. The van der Waals surface area contributed by atoms with E-state index in [9.17, 15) is 9.90 Å². The molecule has 1 fully saturated rings. The maximum absolute atomic E-state index is 11.6. The Morgan fingerprint density at radius 1 is 1.50 bits per heavy atom. The van der Waals surface area contributed by atoms with Crippen molar-refractivity contribution in [2.75, 3.05) is 32.8 Å². The van der Waals surface area contributed by atoms with E-state index < -0.39 is 11.4 Å². The molecule has 4 nitrogen and oxygen atoms in total. The van der Waals surface area contributed by atoms with E-state index in [-0.39, 0.29) is 0 Å². The number of aliphatic carboxylic acids is 1. The molecule has 0 bridgehead atoms. The van der Waals surface area contributed by atoms with Crippen LogP contribution in [0.3, 0.4) is 0 Å². The summed E-state index contributed by atoms with van der Waals surface area (Å²) in [5.74, 6) is -0.0925. The molecule has 106 valence electrons. The molecule has 4 heteroatoms. The summed E-state index contributed by atoms with van der Waals surface area (Å²) in [5, 5.41) is 9.52. The fraction of sp³-hybridized carbons (Fsp3) is 0.929. The molecule has 0 aliphatic carbocycles. The zero-order valence-electron chi connectivity index (χ0n) is 11.9. The summed E-state index contributed by atoms with van der Waals surface area (Å²) >= 11 is 0. The van der Waals surface area contributed by atoms with Crippen LogP contribution in [0.2, 0.25) is 0 Å². The Balaban J connectivity index is 2.66. The van der Waals surface area contributed by atoms with E-state index >= 15 is 0 Å². The molecule has 0 radical (unpaired) electrons. The van der Waals surface area contributed by atoms with Crippen LogP contribution >= 0.6 is 0 Å². The van der Waals surface area contributed by atoms with E-state index in [2.05, 4.69) is 25.7 Å². The summed E-state index contributed by atoms with van der Waals surface area (Å²) < 4.78 is 5.42. The molecule has 1 N–H and O–H groups in total. The highest BCUT2D eigenvalue weighted by Crippen LogP contribution is 2.30. The summed E-state index contributed by atoms with van der Waals surface area (Å²) in [6.07, 6.45) is 2.72. The lowest BCUT2D eigenvalue weighted by Crippen LogP contribution is -2.49. The number of ether oxygens (including phenoxy) is 1. The summed E-state index contributed by atoms with van der Waals surface area (Å²) in [4.78, 5) is 13.8. The second-order valence-corrected chi connectivity index (χ2v) is 5.58. The van der Waals surface area contributed by atoms with Crippen LogP contribution in [0.5, 0.6) is 0 Å². The van der Waals surface area contributed by atoms with Crippen LogP contribution in [-0.2, 0) is 9.53 Å². The largest absolute Gasteiger partial charge is 0.481 e. The molecule has 0 saturated carbocycles. The Labute approximate surface area is 110 Å². The van der Waals surface area contributed by atoms with E-state index in [0.717, 1.165) is 32.4 Å².